The van der Waals surface area contributed by atoms with Crippen LogP contribution in [0.25, 0.3) is 0 Å². The minimum Gasteiger partial charge on any atom is -0.489 e. The van der Waals surface area contributed by atoms with Gasteiger partial charge in [0.1, 0.15) is 18.4 Å². The van der Waals surface area contributed by atoms with E-state index in [1.165, 1.54) is 7.05 Å². The van der Waals surface area contributed by atoms with Crippen LogP contribution in [0.5, 0.6) is 5.75 Å². The lowest BCUT2D eigenvalue weighted by Crippen LogP contribution is -2.44. The van der Waals surface area contributed by atoms with Crippen LogP contribution in [0.1, 0.15) is 6.92 Å². The molecule has 0 heterocycles. The SMILES string of the molecule is CNC(=O)NC(=O)[C@H](C)Nc1ccccc1OCCOC. The van der Waals surface area contributed by atoms with Gasteiger partial charge in [-0.15, -0.1) is 0 Å². The molecule has 0 fully saturated rings. The third-order valence-electron chi connectivity index (χ3n) is 2.66. The van der Waals surface area contributed by atoms with Gasteiger partial charge in [0, 0.05) is 14.2 Å². The van der Waals surface area contributed by atoms with E-state index in [9.17, 15) is 9.59 Å². The lowest BCUT2D eigenvalue weighted by molar-refractivity contribution is -0.120. The smallest absolute Gasteiger partial charge is 0.321 e. The molecule has 116 valence electrons. The van der Waals surface area contributed by atoms with E-state index in [0.29, 0.717) is 24.7 Å². The number of methoxy groups -OCH3 is 1. The highest BCUT2D eigenvalue weighted by Gasteiger charge is 2.16. The van der Waals surface area contributed by atoms with Crippen LogP contribution in [0.4, 0.5) is 10.5 Å². The van der Waals surface area contributed by atoms with Crippen molar-refractivity contribution in [2.75, 3.05) is 32.7 Å². The molecule has 0 radical (unpaired) electrons. The van der Waals surface area contributed by atoms with E-state index in [0.717, 1.165) is 0 Å². The maximum atomic E-state index is 11.8. The summed E-state index contributed by atoms with van der Waals surface area (Å²) in [5, 5.41) is 7.54. The van der Waals surface area contributed by atoms with Crippen molar-refractivity contribution in [2.45, 2.75) is 13.0 Å². The molecule has 1 aromatic rings. The molecule has 7 nitrogen and oxygen atoms in total. The van der Waals surface area contributed by atoms with E-state index >= 15 is 0 Å². The monoisotopic (exact) mass is 295 g/mol. The second-order valence-electron chi connectivity index (χ2n) is 4.27. The Kier molecular flexibility index (Phi) is 7.03. The number of amides is 3. The Bertz CT molecular complexity index is 479. The highest BCUT2D eigenvalue weighted by molar-refractivity contribution is 5.98. The van der Waals surface area contributed by atoms with Crippen LogP contribution in [0.15, 0.2) is 24.3 Å². The van der Waals surface area contributed by atoms with Crippen molar-refractivity contribution in [3.8, 4) is 5.75 Å². The molecule has 0 aliphatic heterocycles. The number of nitrogens with one attached hydrogen (secondary N) is 3. The molecule has 0 aliphatic rings. The van der Waals surface area contributed by atoms with Gasteiger partial charge in [0.2, 0.25) is 5.91 Å². The Morgan fingerprint density at radius 2 is 1.95 bits per heavy atom. The molecule has 0 unspecified atom stereocenters. The van der Waals surface area contributed by atoms with Crippen molar-refractivity contribution in [3.63, 3.8) is 0 Å². The summed E-state index contributed by atoms with van der Waals surface area (Å²) in [6, 6.07) is 6.12. The van der Waals surface area contributed by atoms with E-state index in [1.54, 1.807) is 26.2 Å². The Morgan fingerprint density at radius 1 is 1.24 bits per heavy atom. The van der Waals surface area contributed by atoms with Crippen molar-refractivity contribution < 1.29 is 19.1 Å². The Balaban J connectivity index is 2.64. The molecule has 0 saturated heterocycles. The molecule has 1 atom stereocenters. The van der Waals surface area contributed by atoms with Crippen LogP contribution in [0, 0.1) is 0 Å². The van der Waals surface area contributed by atoms with Gasteiger partial charge >= 0.3 is 6.03 Å². The summed E-state index contributed by atoms with van der Waals surface area (Å²) >= 11 is 0. The fourth-order valence-corrected chi connectivity index (χ4v) is 1.53. The average Bonchev–Trinajstić information content (AvgIpc) is 2.48. The van der Waals surface area contributed by atoms with Crippen LogP contribution in [0.2, 0.25) is 0 Å². The Morgan fingerprint density at radius 3 is 2.62 bits per heavy atom. The molecule has 21 heavy (non-hydrogen) atoms. The molecule has 0 saturated carbocycles. The third kappa shape index (κ3) is 5.70. The van der Waals surface area contributed by atoms with E-state index in [-0.39, 0.29) is 0 Å². The highest BCUT2D eigenvalue weighted by atomic mass is 16.5. The van der Waals surface area contributed by atoms with Crippen LogP contribution < -0.4 is 20.7 Å². The molecular weight excluding hydrogens is 274 g/mol. The summed E-state index contributed by atoms with van der Waals surface area (Å²) in [5.74, 6) is 0.190. The maximum absolute atomic E-state index is 11.8. The van der Waals surface area contributed by atoms with Gasteiger partial charge in [0.25, 0.3) is 0 Å². The number of anilines is 1. The van der Waals surface area contributed by atoms with E-state index in [2.05, 4.69) is 16.0 Å². The van der Waals surface area contributed by atoms with Crippen LogP contribution >= 0.6 is 0 Å². The molecule has 0 aromatic heterocycles. The number of rotatable bonds is 7. The number of urea groups is 1. The van der Waals surface area contributed by atoms with Gasteiger partial charge < -0.3 is 20.1 Å². The summed E-state index contributed by atoms with van der Waals surface area (Å²) in [5.41, 5.74) is 0.674. The number of carbonyl (C=O) groups is 2. The predicted molar refractivity (Wildman–Crippen MR) is 79.5 cm³/mol. The lowest BCUT2D eigenvalue weighted by Gasteiger charge is -2.17. The summed E-state index contributed by atoms with van der Waals surface area (Å²) in [6.07, 6.45) is 0. The zero-order chi connectivity index (χ0) is 15.7. The van der Waals surface area contributed by atoms with Gasteiger partial charge in [-0.25, -0.2) is 4.79 Å². The minimum atomic E-state index is -0.588. The summed E-state index contributed by atoms with van der Waals surface area (Å²) in [4.78, 5) is 22.9. The number of imide groups is 1. The van der Waals surface area contributed by atoms with E-state index < -0.39 is 18.0 Å². The number of hydrogen-bond acceptors (Lipinski definition) is 5. The first-order chi connectivity index (χ1) is 10.1. The number of hydrogen-bond donors (Lipinski definition) is 3. The zero-order valence-corrected chi connectivity index (χ0v) is 12.4. The van der Waals surface area contributed by atoms with Crippen LogP contribution in [-0.2, 0) is 9.53 Å². The van der Waals surface area contributed by atoms with Gasteiger partial charge in [-0.1, -0.05) is 12.1 Å². The predicted octanol–water partition coefficient (Wildman–Crippen LogP) is 0.968. The standard InChI is InChI=1S/C14H21N3O4/c1-10(13(18)17-14(19)15-2)16-11-6-4-5-7-12(11)21-9-8-20-3/h4-7,10,16H,8-9H2,1-3H3,(H2,15,17,18,19)/t10-/m0/s1. The van der Waals surface area contributed by atoms with Crippen molar-refractivity contribution in [1.29, 1.82) is 0 Å². The molecular formula is C14H21N3O4. The van der Waals surface area contributed by atoms with Gasteiger partial charge in [-0.2, -0.15) is 0 Å². The molecule has 3 amide bonds. The first-order valence-electron chi connectivity index (χ1n) is 6.58. The number of para-hydroxylation sites is 2. The summed E-state index contributed by atoms with van der Waals surface area (Å²) in [7, 11) is 3.04. The van der Waals surface area contributed by atoms with E-state index in [4.69, 9.17) is 9.47 Å². The van der Waals surface area contributed by atoms with Crippen molar-refractivity contribution in [2.24, 2.45) is 0 Å². The Labute approximate surface area is 124 Å². The second kappa shape index (κ2) is 8.80. The van der Waals surface area contributed by atoms with Gasteiger partial charge in [-0.05, 0) is 19.1 Å². The third-order valence-corrected chi connectivity index (χ3v) is 2.66. The topological polar surface area (TPSA) is 88.7 Å². The fourth-order valence-electron chi connectivity index (χ4n) is 1.53. The first-order valence-corrected chi connectivity index (χ1v) is 6.58. The zero-order valence-electron chi connectivity index (χ0n) is 12.4. The van der Waals surface area contributed by atoms with Crippen LogP contribution in [-0.4, -0.2) is 45.4 Å². The largest absolute Gasteiger partial charge is 0.489 e. The maximum Gasteiger partial charge on any atom is 0.321 e. The molecule has 3 N–H and O–H groups in total. The Hall–Kier alpha value is -2.28. The molecule has 7 heteroatoms. The minimum absolute atomic E-state index is 0.411. The lowest BCUT2D eigenvalue weighted by atomic mass is 10.2. The van der Waals surface area contributed by atoms with Gasteiger partial charge in [0.15, 0.2) is 0 Å². The van der Waals surface area contributed by atoms with Crippen molar-refractivity contribution >= 4 is 17.6 Å². The normalized spacial score (nSPS) is 11.4. The molecule has 0 spiro atoms. The molecule has 1 rings (SSSR count). The average molecular weight is 295 g/mol. The quantitative estimate of drug-likeness (QED) is 0.652. The molecule has 0 aliphatic carbocycles. The van der Waals surface area contributed by atoms with Gasteiger partial charge in [0.05, 0.1) is 12.3 Å². The molecule has 1 aromatic carbocycles. The van der Waals surface area contributed by atoms with Crippen molar-refractivity contribution in [3.05, 3.63) is 24.3 Å². The number of ether oxygens (including phenoxy) is 2. The summed E-state index contributed by atoms with van der Waals surface area (Å²) < 4.78 is 10.5. The van der Waals surface area contributed by atoms with Crippen molar-refractivity contribution in [1.82, 2.24) is 10.6 Å². The second-order valence-corrected chi connectivity index (χ2v) is 4.27. The molecule has 0 bridgehead atoms. The first kappa shape index (κ1) is 16.8. The van der Waals surface area contributed by atoms with Gasteiger partial charge in [-0.3, -0.25) is 10.1 Å². The van der Waals surface area contributed by atoms with E-state index in [1.807, 2.05) is 12.1 Å². The van der Waals surface area contributed by atoms with Crippen LogP contribution in [0.3, 0.4) is 0 Å². The number of carbonyl (C=O) groups excluding carboxylic acids is 2. The highest BCUT2D eigenvalue weighted by Crippen LogP contribution is 2.24. The number of benzene rings is 1. The summed E-state index contributed by atoms with van der Waals surface area (Å²) in [6.45, 7) is 2.54. The fraction of sp³-hybridized carbons (Fsp3) is 0.429.